The minimum absolute atomic E-state index is 0.181. The van der Waals surface area contributed by atoms with Crippen LogP contribution in [0.3, 0.4) is 0 Å². The molecule has 0 aliphatic carbocycles. The highest BCUT2D eigenvalue weighted by molar-refractivity contribution is 9.10. The van der Waals surface area contributed by atoms with Crippen LogP contribution >= 0.6 is 15.9 Å². The molecule has 0 saturated carbocycles. The number of likely N-dealkylation sites (tertiary alicyclic amines) is 1. The maximum Gasteiger partial charge on any atom is 0.172 e. The van der Waals surface area contributed by atoms with Gasteiger partial charge in [-0.25, -0.2) is 0 Å². The van der Waals surface area contributed by atoms with Crippen molar-refractivity contribution in [1.82, 2.24) is 9.80 Å². The lowest BCUT2D eigenvalue weighted by atomic mass is 10.0. The van der Waals surface area contributed by atoms with Gasteiger partial charge in [0.1, 0.15) is 0 Å². The predicted octanol–water partition coefficient (Wildman–Crippen LogP) is 3.08. The van der Waals surface area contributed by atoms with Gasteiger partial charge in [0, 0.05) is 19.1 Å². The second-order valence-electron chi connectivity index (χ2n) is 5.83. The molecule has 1 fully saturated rings. The van der Waals surface area contributed by atoms with Crippen LogP contribution in [0.15, 0.2) is 16.6 Å². The summed E-state index contributed by atoms with van der Waals surface area (Å²) in [5.41, 5.74) is 1.15. The van der Waals surface area contributed by atoms with E-state index in [4.69, 9.17) is 4.74 Å². The summed E-state index contributed by atoms with van der Waals surface area (Å²) in [6, 6.07) is 4.50. The number of rotatable bonds is 5. The van der Waals surface area contributed by atoms with Crippen molar-refractivity contribution in [3.05, 3.63) is 22.2 Å². The zero-order chi connectivity index (χ0) is 15.4. The lowest BCUT2D eigenvalue weighted by molar-refractivity contribution is 0.129. The fraction of sp³-hybridized carbons (Fsp3) is 0.625. The van der Waals surface area contributed by atoms with Gasteiger partial charge in [-0.3, -0.25) is 4.90 Å². The summed E-state index contributed by atoms with van der Waals surface area (Å²) < 4.78 is 6.19. The Morgan fingerprint density at radius 2 is 2.24 bits per heavy atom. The first-order valence-corrected chi connectivity index (χ1v) is 8.33. The summed E-state index contributed by atoms with van der Waals surface area (Å²) in [6.07, 6.45) is 2.51. The Morgan fingerprint density at radius 1 is 1.48 bits per heavy atom. The summed E-state index contributed by atoms with van der Waals surface area (Å²) in [5.74, 6) is 0.733. The van der Waals surface area contributed by atoms with Gasteiger partial charge >= 0.3 is 0 Å². The summed E-state index contributed by atoms with van der Waals surface area (Å²) in [7, 11) is 4.36. The summed E-state index contributed by atoms with van der Waals surface area (Å²) >= 11 is 3.41. The molecule has 0 amide bonds. The zero-order valence-electron chi connectivity index (χ0n) is 13.1. The molecule has 1 aliphatic rings. The lowest BCUT2D eigenvalue weighted by Gasteiger charge is -2.36. The van der Waals surface area contributed by atoms with Gasteiger partial charge < -0.3 is 14.7 Å². The zero-order valence-corrected chi connectivity index (χ0v) is 14.7. The molecule has 0 bridgehead atoms. The molecular weight excluding hydrogens is 332 g/mol. The van der Waals surface area contributed by atoms with Crippen molar-refractivity contribution in [3.63, 3.8) is 0 Å². The Balaban J connectivity index is 2.07. The number of ether oxygens (including phenoxy) is 1. The van der Waals surface area contributed by atoms with Crippen LogP contribution in [0.1, 0.15) is 25.3 Å². The molecule has 1 unspecified atom stereocenters. The fourth-order valence-electron chi connectivity index (χ4n) is 2.90. The highest BCUT2D eigenvalue weighted by atomic mass is 79.9. The highest BCUT2D eigenvalue weighted by Gasteiger charge is 2.21. The van der Waals surface area contributed by atoms with E-state index in [1.54, 1.807) is 0 Å². The van der Waals surface area contributed by atoms with Gasteiger partial charge in [0.25, 0.3) is 0 Å². The Morgan fingerprint density at radius 3 is 2.90 bits per heavy atom. The van der Waals surface area contributed by atoms with E-state index in [0.717, 1.165) is 18.7 Å². The average Bonchev–Trinajstić information content (AvgIpc) is 2.44. The monoisotopic (exact) mass is 356 g/mol. The third-order valence-corrected chi connectivity index (χ3v) is 4.65. The van der Waals surface area contributed by atoms with Crippen LogP contribution in [0, 0.1) is 0 Å². The van der Waals surface area contributed by atoms with Crippen LogP contribution in [0.5, 0.6) is 11.5 Å². The molecule has 0 aromatic heterocycles. The van der Waals surface area contributed by atoms with Gasteiger partial charge in [0.2, 0.25) is 0 Å². The van der Waals surface area contributed by atoms with Crippen molar-refractivity contribution in [3.8, 4) is 11.5 Å². The number of halogens is 1. The molecule has 4 nitrogen and oxygen atoms in total. The lowest BCUT2D eigenvalue weighted by Crippen LogP contribution is -2.44. The fourth-order valence-corrected chi connectivity index (χ4v) is 3.39. The molecule has 0 spiro atoms. The van der Waals surface area contributed by atoms with Crippen LogP contribution < -0.4 is 4.74 Å². The Bertz CT molecular complexity index is 482. The van der Waals surface area contributed by atoms with Crippen molar-refractivity contribution in [2.45, 2.75) is 32.4 Å². The standard InChI is InChI=1S/C16H25BrN2O2/c1-4-21-15-9-12(8-14(17)16(15)20)10-19(3)13-6-5-7-18(2)11-13/h8-9,13,20H,4-7,10-11H2,1-3H3. The van der Waals surface area contributed by atoms with Crippen LogP contribution in [0.2, 0.25) is 0 Å². The molecule has 1 atom stereocenters. The molecule has 1 heterocycles. The molecule has 1 aromatic rings. The maximum absolute atomic E-state index is 9.98. The van der Waals surface area contributed by atoms with Gasteiger partial charge in [0.05, 0.1) is 11.1 Å². The summed E-state index contributed by atoms with van der Waals surface area (Å²) in [5, 5.41) is 9.98. The Labute approximate surface area is 135 Å². The number of aromatic hydroxyl groups is 1. The molecule has 21 heavy (non-hydrogen) atoms. The van der Waals surface area contributed by atoms with E-state index < -0.39 is 0 Å². The van der Waals surface area contributed by atoms with Crippen LogP contribution in [-0.2, 0) is 6.54 Å². The Hall–Kier alpha value is -0.780. The minimum Gasteiger partial charge on any atom is -0.503 e. The van der Waals surface area contributed by atoms with Crippen LogP contribution in [0.4, 0.5) is 0 Å². The first kappa shape index (κ1) is 16.6. The number of piperidine rings is 1. The van der Waals surface area contributed by atoms with Crippen LogP contribution in [0.25, 0.3) is 0 Å². The van der Waals surface area contributed by atoms with E-state index in [1.165, 1.54) is 19.4 Å². The number of phenols is 1. The molecule has 5 heteroatoms. The van der Waals surface area contributed by atoms with Crippen molar-refractivity contribution >= 4 is 15.9 Å². The second kappa shape index (κ2) is 7.47. The SMILES string of the molecule is CCOc1cc(CN(C)C2CCCN(C)C2)cc(Br)c1O. The molecule has 1 N–H and O–H groups in total. The number of hydrogen-bond donors (Lipinski definition) is 1. The van der Waals surface area contributed by atoms with E-state index >= 15 is 0 Å². The molecule has 0 radical (unpaired) electrons. The molecule has 2 rings (SSSR count). The van der Waals surface area contributed by atoms with E-state index in [-0.39, 0.29) is 5.75 Å². The maximum atomic E-state index is 9.98. The van der Waals surface area contributed by atoms with Crippen molar-refractivity contribution in [1.29, 1.82) is 0 Å². The van der Waals surface area contributed by atoms with Crippen LogP contribution in [-0.4, -0.2) is 54.7 Å². The molecule has 1 saturated heterocycles. The topological polar surface area (TPSA) is 35.9 Å². The number of phenolic OH excluding ortho intramolecular Hbond substituents is 1. The van der Waals surface area contributed by atoms with Crippen molar-refractivity contribution in [2.24, 2.45) is 0 Å². The predicted molar refractivity (Wildman–Crippen MR) is 89.0 cm³/mol. The number of benzene rings is 1. The second-order valence-corrected chi connectivity index (χ2v) is 6.69. The molecule has 1 aliphatic heterocycles. The van der Waals surface area contributed by atoms with Crippen molar-refractivity contribution in [2.75, 3.05) is 33.8 Å². The highest BCUT2D eigenvalue weighted by Crippen LogP contribution is 2.36. The third-order valence-electron chi connectivity index (χ3n) is 4.04. The first-order valence-electron chi connectivity index (χ1n) is 7.54. The summed E-state index contributed by atoms with van der Waals surface area (Å²) in [6.45, 7) is 5.64. The molecule has 118 valence electrons. The average molecular weight is 357 g/mol. The molecule has 1 aromatic carbocycles. The van der Waals surface area contributed by atoms with Gasteiger partial charge in [-0.2, -0.15) is 0 Å². The van der Waals surface area contributed by atoms with Gasteiger partial charge in [-0.1, -0.05) is 0 Å². The minimum atomic E-state index is 0.181. The van der Waals surface area contributed by atoms with E-state index in [2.05, 4.69) is 39.8 Å². The first-order chi connectivity index (χ1) is 10.0. The quantitative estimate of drug-likeness (QED) is 0.879. The number of likely N-dealkylation sites (N-methyl/N-ethyl adjacent to an activating group) is 2. The van der Waals surface area contributed by atoms with E-state index in [0.29, 0.717) is 22.9 Å². The van der Waals surface area contributed by atoms with Gasteiger partial charge in [-0.05, 0) is 74.0 Å². The van der Waals surface area contributed by atoms with E-state index in [1.807, 2.05) is 19.1 Å². The number of nitrogens with zero attached hydrogens (tertiary/aromatic N) is 2. The third kappa shape index (κ3) is 4.34. The van der Waals surface area contributed by atoms with E-state index in [9.17, 15) is 5.11 Å². The smallest absolute Gasteiger partial charge is 0.172 e. The largest absolute Gasteiger partial charge is 0.503 e. The Kier molecular flexibility index (Phi) is 5.90. The van der Waals surface area contributed by atoms with Gasteiger partial charge in [0.15, 0.2) is 11.5 Å². The molecular formula is C16H25BrN2O2. The normalized spacial score (nSPS) is 20.0. The van der Waals surface area contributed by atoms with Crippen molar-refractivity contribution < 1.29 is 9.84 Å². The van der Waals surface area contributed by atoms with Gasteiger partial charge in [-0.15, -0.1) is 0 Å². The summed E-state index contributed by atoms with van der Waals surface area (Å²) in [4.78, 5) is 4.78. The number of hydrogen-bond acceptors (Lipinski definition) is 4.